The van der Waals surface area contributed by atoms with Crippen LogP contribution in [0.3, 0.4) is 0 Å². The molecule has 0 atom stereocenters. The number of nitrogens with zero attached hydrogens (tertiary/aromatic N) is 1. The van der Waals surface area contributed by atoms with E-state index in [2.05, 4.69) is 66.5 Å². The van der Waals surface area contributed by atoms with E-state index in [0.29, 0.717) is 0 Å². The van der Waals surface area contributed by atoms with Crippen molar-refractivity contribution in [3.05, 3.63) is 52.5 Å². The maximum Gasteiger partial charge on any atom is 0.0633 e. The zero-order chi connectivity index (χ0) is 13.8. The molecule has 0 bridgehead atoms. The van der Waals surface area contributed by atoms with Crippen LogP contribution in [0.5, 0.6) is 0 Å². The standard InChI is InChI=1S/C16H20BrN/c1-6-13(17)11-18-12(2)14-9-7-8-10-15(14)16(3,4)5/h6-11H,2H2,1,3-5H3/b13-6+,18-11-. The second kappa shape index (κ2) is 6.14. The summed E-state index contributed by atoms with van der Waals surface area (Å²) in [6.07, 6.45) is 3.73. The summed E-state index contributed by atoms with van der Waals surface area (Å²) in [5, 5.41) is 0. The van der Waals surface area contributed by atoms with Crippen molar-refractivity contribution in [3.63, 3.8) is 0 Å². The maximum absolute atomic E-state index is 4.40. The molecule has 0 radical (unpaired) electrons. The summed E-state index contributed by atoms with van der Waals surface area (Å²) >= 11 is 3.41. The van der Waals surface area contributed by atoms with Gasteiger partial charge in [0.25, 0.3) is 0 Å². The summed E-state index contributed by atoms with van der Waals surface area (Å²) in [6, 6.07) is 8.30. The summed E-state index contributed by atoms with van der Waals surface area (Å²) in [5.41, 5.74) is 3.26. The maximum atomic E-state index is 4.40. The Hall–Kier alpha value is -1.15. The monoisotopic (exact) mass is 305 g/mol. The average Bonchev–Trinajstić information content (AvgIpc) is 2.34. The summed E-state index contributed by atoms with van der Waals surface area (Å²) in [6.45, 7) is 12.6. The number of allylic oxidation sites excluding steroid dienone is 2. The van der Waals surface area contributed by atoms with Crippen molar-refractivity contribution in [2.75, 3.05) is 0 Å². The van der Waals surface area contributed by atoms with E-state index < -0.39 is 0 Å². The van der Waals surface area contributed by atoms with Crippen LogP contribution in [0.25, 0.3) is 5.70 Å². The number of aliphatic imine (C=N–C) groups is 1. The molecule has 1 aromatic rings. The first-order valence-corrected chi connectivity index (χ1v) is 6.80. The molecule has 0 aliphatic rings. The Bertz CT molecular complexity index is 490. The predicted molar refractivity (Wildman–Crippen MR) is 85.4 cm³/mol. The highest BCUT2D eigenvalue weighted by atomic mass is 79.9. The molecule has 0 saturated carbocycles. The van der Waals surface area contributed by atoms with Crippen LogP contribution in [-0.4, -0.2) is 6.21 Å². The number of hydrogen-bond acceptors (Lipinski definition) is 1. The number of hydrogen-bond donors (Lipinski definition) is 0. The van der Waals surface area contributed by atoms with Crippen molar-refractivity contribution in [1.29, 1.82) is 0 Å². The molecule has 0 aliphatic heterocycles. The third-order valence-electron chi connectivity index (χ3n) is 2.67. The van der Waals surface area contributed by atoms with Crippen molar-refractivity contribution in [3.8, 4) is 0 Å². The van der Waals surface area contributed by atoms with Crippen molar-refractivity contribution in [2.45, 2.75) is 33.1 Å². The molecule has 0 aromatic heterocycles. The average molecular weight is 306 g/mol. The normalized spacial score (nSPS) is 13.1. The lowest BCUT2D eigenvalue weighted by atomic mass is 9.83. The zero-order valence-electron chi connectivity index (χ0n) is 11.5. The minimum atomic E-state index is 0.0902. The van der Waals surface area contributed by atoms with Crippen molar-refractivity contribution >= 4 is 27.8 Å². The summed E-state index contributed by atoms with van der Waals surface area (Å²) < 4.78 is 0.955. The van der Waals surface area contributed by atoms with Gasteiger partial charge in [0, 0.05) is 16.3 Å². The van der Waals surface area contributed by atoms with E-state index in [0.717, 1.165) is 15.7 Å². The lowest BCUT2D eigenvalue weighted by molar-refractivity contribution is 0.588. The number of halogens is 1. The molecular weight excluding hydrogens is 286 g/mol. The fourth-order valence-corrected chi connectivity index (χ4v) is 1.77. The first kappa shape index (κ1) is 14.9. The van der Waals surface area contributed by atoms with E-state index in [1.807, 2.05) is 19.1 Å². The van der Waals surface area contributed by atoms with Gasteiger partial charge < -0.3 is 0 Å². The summed E-state index contributed by atoms with van der Waals surface area (Å²) in [5.74, 6) is 0. The Labute approximate surface area is 118 Å². The van der Waals surface area contributed by atoms with Gasteiger partial charge in [-0.2, -0.15) is 0 Å². The number of rotatable bonds is 3. The van der Waals surface area contributed by atoms with Gasteiger partial charge in [0.2, 0.25) is 0 Å². The largest absolute Gasteiger partial charge is 0.256 e. The fourth-order valence-electron chi connectivity index (χ4n) is 1.67. The van der Waals surface area contributed by atoms with Gasteiger partial charge in [-0.05, 0) is 33.8 Å². The molecule has 0 spiro atoms. The van der Waals surface area contributed by atoms with Gasteiger partial charge in [-0.25, -0.2) is 0 Å². The van der Waals surface area contributed by atoms with Crippen LogP contribution in [0.1, 0.15) is 38.8 Å². The molecule has 1 rings (SSSR count). The van der Waals surface area contributed by atoms with Gasteiger partial charge in [0.1, 0.15) is 0 Å². The Kier molecular flexibility index (Phi) is 5.09. The molecule has 2 heteroatoms. The zero-order valence-corrected chi connectivity index (χ0v) is 13.1. The second-order valence-electron chi connectivity index (χ2n) is 5.17. The Balaban J connectivity index is 3.11. The fraction of sp³-hybridized carbons (Fsp3) is 0.312. The van der Waals surface area contributed by atoms with Crippen molar-refractivity contribution in [2.24, 2.45) is 4.99 Å². The smallest absolute Gasteiger partial charge is 0.0633 e. The van der Waals surface area contributed by atoms with Gasteiger partial charge in [0.15, 0.2) is 0 Å². The van der Waals surface area contributed by atoms with E-state index >= 15 is 0 Å². The second-order valence-corrected chi connectivity index (χ2v) is 6.09. The highest BCUT2D eigenvalue weighted by Crippen LogP contribution is 2.29. The molecule has 0 saturated heterocycles. The van der Waals surface area contributed by atoms with E-state index in [1.54, 1.807) is 6.21 Å². The van der Waals surface area contributed by atoms with Crippen molar-refractivity contribution in [1.82, 2.24) is 0 Å². The Morgan fingerprint density at radius 2 is 1.89 bits per heavy atom. The molecule has 0 unspecified atom stereocenters. The molecule has 96 valence electrons. The third-order valence-corrected chi connectivity index (χ3v) is 3.33. The predicted octanol–water partition coefficient (Wildman–Crippen LogP) is 5.32. The van der Waals surface area contributed by atoms with E-state index in [4.69, 9.17) is 0 Å². The van der Waals surface area contributed by atoms with Crippen molar-refractivity contribution < 1.29 is 0 Å². The third kappa shape index (κ3) is 3.95. The molecule has 0 amide bonds. The number of benzene rings is 1. The van der Waals surface area contributed by atoms with E-state index in [1.165, 1.54) is 5.56 Å². The SMILES string of the molecule is C=C(/N=C\C(Br)=C/C)c1ccccc1C(C)(C)C. The van der Waals surface area contributed by atoms with Gasteiger partial charge in [-0.15, -0.1) is 0 Å². The van der Waals surface area contributed by atoms with Gasteiger partial charge in [-0.3, -0.25) is 4.99 Å². The molecule has 0 aliphatic carbocycles. The molecule has 0 N–H and O–H groups in total. The molecule has 0 fully saturated rings. The van der Waals surface area contributed by atoms with Gasteiger partial charge in [0.05, 0.1) is 5.70 Å². The molecule has 18 heavy (non-hydrogen) atoms. The van der Waals surface area contributed by atoms with Crippen LogP contribution in [0.15, 0.2) is 46.4 Å². The van der Waals surface area contributed by atoms with Crippen LogP contribution in [-0.2, 0) is 5.41 Å². The molecule has 1 aromatic carbocycles. The first-order valence-electron chi connectivity index (χ1n) is 6.01. The topological polar surface area (TPSA) is 12.4 Å². The van der Waals surface area contributed by atoms with Crippen LogP contribution in [0.2, 0.25) is 0 Å². The van der Waals surface area contributed by atoms with Crippen LogP contribution in [0, 0.1) is 0 Å². The first-order chi connectivity index (χ1) is 8.36. The molecular formula is C16H20BrN. The lowest BCUT2D eigenvalue weighted by Crippen LogP contribution is -2.13. The van der Waals surface area contributed by atoms with E-state index in [-0.39, 0.29) is 5.41 Å². The Morgan fingerprint density at radius 1 is 1.28 bits per heavy atom. The van der Waals surface area contributed by atoms with Crippen LogP contribution >= 0.6 is 15.9 Å². The minimum Gasteiger partial charge on any atom is -0.256 e. The molecule has 1 nitrogen and oxygen atoms in total. The minimum absolute atomic E-state index is 0.0902. The van der Waals surface area contributed by atoms with Crippen LogP contribution in [0.4, 0.5) is 0 Å². The van der Waals surface area contributed by atoms with E-state index in [9.17, 15) is 0 Å². The van der Waals surface area contributed by atoms with Gasteiger partial charge >= 0.3 is 0 Å². The van der Waals surface area contributed by atoms with Gasteiger partial charge in [-0.1, -0.05) is 57.7 Å². The highest BCUT2D eigenvalue weighted by molar-refractivity contribution is 9.12. The summed E-state index contributed by atoms with van der Waals surface area (Å²) in [7, 11) is 0. The lowest BCUT2D eigenvalue weighted by Gasteiger charge is -2.22. The van der Waals surface area contributed by atoms with Crippen LogP contribution < -0.4 is 0 Å². The summed E-state index contributed by atoms with van der Waals surface area (Å²) in [4.78, 5) is 4.40. The molecule has 0 heterocycles. The quantitative estimate of drug-likeness (QED) is 0.670. The Morgan fingerprint density at radius 3 is 2.44 bits per heavy atom. The highest BCUT2D eigenvalue weighted by Gasteiger charge is 2.18.